The molecule has 1 N–H and O–H groups in total. The van der Waals surface area contributed by atoms with E-state index in [1.54, 1.807) is 42.2 Å². The second-order valence-electron chi connectivity index (χ2n) is 9.03. The second-order valence-corrected chi connectivity index (χ2v) is 9.03. The molecule has 35 heavy (non-hydrogen) atoms. The molecule has 1 atom stereocenters. The number of aryl methyl sites for hydroxylation is 1. The van der Waals surface area contributed by atoms with E-state index in [2.05, 4.69) is 9.97 Å². The highest BCUT2D eigenvalue weighted by Gasteiger charge is 2.32. The number of carbonyl (C=O) groups excluding carboxylic acids is 2. The highest BCUT2D eigenvalue weighted by atomic mass is 16.5. The van der Waals surface area contributed by atoms with Gasteiger partial charge in [0.2, 0.25) is 5.91 Å². The number of H-pyrrole nitrogens is 1. The number of ether oxygens (including phenoxy) is 3. The molecule has 0 radical (unpaired) electrons. The molecule has 2 amide bonds. The first-order valence-electron chi connectivity index (χ1n) is 11.7. The van der Waals surface area contributed by atoms with Gasteiger partial charge >= 0.3 is 0 Å². The molecule has 1 aliphatic heterocycles. The Morgan fingerprint density at radius 3 is 2.49 bits per heavy atom. The van der Waals surface area contributed by atoms with Gasteiger partial charge in [0.25, 0.3) is 5.91 Å². The summed E-state index contributed by atoms with van der Waals surface area (Å²) in [6, 6.07) is 10.9. The largest absolute Gasteiger partial charge is 0.497 e. The zero-order valence-electron chi connectivity index (χ0n) is 20.8. The standard InChI is InChI=1S/C26H32N4O5/c1-16(2)30-13-22(35-15-18-8-20(33-4)11-21(9-18)34-5)12-29(14-25(30)31)26(32)19-6-7-23-24(10-19)28-17(3)27-23/h6-11,16,22H,12-15H2,1-5H3,(H,27,28)/t22-/m0/s1. The molecule has 0 aliphatic carbocycles. The first kappa shape index (κ1) is 24.5. The average Bonchev–Trinajstić information content (AvgIpc) is 3.13. The average molecular weight is 481 g/mol. The molecule has 3 aromatic rings. The Morgan fingerprint density at radius 1 is 1.11 bits per heavy atom. The molecular weight excluding hydrogens is 448 g/mol. The van der Waals surface area contributed by atoms with Gasteiger partial charge in [0.15, 0.2) is 0 Å². The summed E-state index contributed by atoms with van der Waals surface area (Å²) in [5, 5.41) is 0. The van der Waals surface area contributed by atoms with E-state index in [4.69, 9.17) is 14.2 Å². The van der Waals surface area contributed by atoms with E-state index in [0.717, 1.165) is 22.4 Å². The van der Waals surface area contributed by atoms with Crippen LogP contribution in [0.1, 0.15) is 35.6 Å². The third kappa shape index (κ3) is 5.57. The molecular formula is C26H32N4O5. The molecule has 2 aromatic carbocycles. The van der Waals surface area contributed by atoms with Crippen molar-refractivity contribution in [1.82, 2.24) is 19.8 Å². The number of imidazole rings is 1. The van der Waals surface area contributed by atoms with Crippen LogP contribution in [0.3, 0.4) is 0 Å². The normalized spacial score (nSPS) is 16.6. The highest BCUT2D eigenvalue weighted by molar-refractivity contribution is 5.99. The summed E-state index contributed by atoms with van der Waals surface area (Å²) in [6.07, 6.45) is -0.358. The van der Waals surface area contributed by atoms with Gasteiger partial charge in [-0.05, 0) is 56.7 Å². The van der Waals surface area contributed by atoms with Crippen LogP contribution in [0.15, 0.2) is 36.4 Å². The lowest BCUT2D eigenvalue weighted by Crippen LogP contribution is -2.42. The quantitative estimate of drug-likeness (QED) is 0.558. The van der Waals surface area contributed by atoms with Crippen LogP contribution in [-0.4, -0.2) is 77.6 Å². The number of fused-ring (bicyclic) bond motifs is 1. The van der Waals surface area contributed by atoms with Crippen LogP contribution in [0.25, 0.3) is 11.0 Å². The Hall–Kier alpha value is -3.59. The van der Waals surface area contributed by atoms with E-state index in [1.165, 1.54) is 0 Å². The van der Waals surface area contributed by atoms with E-state index >= 15 is 0 Å². The lowest BCUT2D eigenvalue weighted by molar-refractivity contribution is -0.133. The van der Waals surface area contributed by atoms with Crippen molar-refractivity contribution in [2.75, 3.05) is 33.9 Å². The van der Waals surface area contributed by atoms with Crippen LogP contribution in [-0.2, 0) is 16.1 Å². The predicted molar refractivity (Wildman–Crippen MR) is 132 cm³/mol. The smallest absolute Gasteiger partial charge is 0.254 e. The summed E-state index contributed by atoms with van der Waals surface area (Å²) in [6.45, 7) is 6.80. The molecule has 2 heterocycles. The van der Waals surface area contributed by atoms with Gasteiger partial charge in [0.1, 0.15) is 23.9 Å². The summed E-state index contributed by atoms with van der Waals surface area (Å²) in [7, 11) is 3.20. The number of benzene rings is 2. The molecule has 0 unspecified atom stereocenters. The lowest BCUT2D eigenvalue weighted by Gasteiger charge is -2.27. The fourth-order valence-electron chi connectivity index (χ4n) is 4.32. The molecule has 1 saturated heterocycles. The van der Waals surface area contributed by atoms with Gasteiger partial charge in [-0.15, -0.1) is 0 Å². The van der Waals surface area contributed by atoms with Crippen LogP contribution in [0.5, 0.6) is 11.5 Å². The van der Waals surface area contributed by atoms with Crippen LogP contribution in [0, 0.1) is 6.92 Å². The number of rotatable bonds is 7. The van der Waals surface area contributed by atoms with E-state index in [1.807, 2.05) is 39.0 Å². The minimum absolute atomic E-state index is 0.00387. The van der Waals surface area contributed by atoms with Gasteiger partial charge < -0.3 is 29.0 Å². The van der Waals surface area contributed by atoms with Gasteiger partial charge in [0, 0.05) is 30.8 Å². The fourth-order valence-corrected chi connectivity index (χ4v) is 4.32. The maximum Gasteiger partial charge on any atom is 0.254 e. The number of amides is 2. The van der Waals surface area contributed by atoms with Gasteiger partial charge in [0.05, 0.1) is 38.0 Å². The Morgan fingerprint density at radius 2 is 1.83 bits per heavy atom. The van der Waals surface area contributed by atoms with Crippen molar-refractivity contribution in [3.05, 3.63) is 53.3 Å². The Labute approximate surface area is 205 Å². The summed E-state index contributed by atoms with van der Waals surface area (Å²) in [5.74, 6) is 1.81. The SMILES string of the molecule is COc1cc(CO[C@H]2CN(C(=O)c3ccc4nc(C)[nH]c4c3)CC(=O)N(C(C)C)C2)cc(OC)c1. The first-order valence-corrected chi connectivity index (χ1v) is 11.7. The Balaban J connectivity index is 1.55. The fraction of sp³-hybridized carbons (Fsp3) is 0.423. The number of hydrogen-bond acceptors (Lipinski definition) is 6. The van der Waals surface area contributed by atoms with Crippen molar-refractivity contribution in [2.24, 2.45) is 0 Å². The molecule has 0 saturated carbocycles. The van der Waals surface area contributed by atoms with Gasteiger partial charge in [-0.2, -0.15) is 0 Å². The Bertz CT molecular complexity index is 1200. The van der Waals surface area contributed by atoms with Crippen molar-refractivity contribution >= 4 is 22.8 Å². The summed E-state index contributed by atoms with van der Waals surface area (Å²) < 4.78 is 17.0. The Kier molecular flexibility index (Phi) is 7.25. The molecule has 4 rings (SSSR count). The minimum Gasteiger partial charge on any atom is -0.497 e. The van der Waals surface area contributed by atoms with Crippen LogP contribution < -0.4 is 9.47 Å². The number of nitrogens with zero attached hydrogens (tertiary/aromatic N) is 3. The summed E-state index contributed by atoms with van der Waals surface area (Å²) in [4.78, 5) is 37.4. The van der Waals surface area contributed by atoms with E-state index < -0.39 is 0 Å². The third-order valence-corrected chi connectivity index (χ3v) is 6.13. The summed E-state index contributed by atoms with van der Waals surface area (Å²) in [5.41, 5.74) is 2.97. The molecule has 1 fully saturated rings. The van der Waals surface area contributed by atoms with Gasteiger partial charge in [-0.25, -0.2) is 4.98 Å². The first-order chi connectivity index (χ1) is 16.8. The number of aromatic nitrogens is 2. The van der Waals surface area contributed by atoms with Crippen LogP contribution in [0.2, 0.25) is 0 Å². The van der Waals surface area contributed by atoms with Crippen LogP contribution >= 0.6 is 0 Å². The maximum atomic E-state index is 13.4. The predicted octanol–water partition coefficient (Wildman–Crippen LogP) is 3.17. The number of hydrogen-bond donors (Lipinski definition) is 1. The van der Waals surface area contributed by atoms with Crippen molar-refractivity contribution in [2.45, 2.75) is 39.5 Å². The monoisotopic (exact) mass is 480 g/mol. The zero-order chi connectivity index (χ0) is 25.1. The zero-order valence-corrected chi connectivity index (χ0v) is 20.8. The molecule has 1 aromatic heterocycles. The number of carbonyl (C=O) groups is 2. The van der Waals surface area contributed by atoms with Gasteiger partial charge in [-0.3, -0.25) is 9.59 Å². The van der Waals surface area contributed by atoms with Crippen molar-refractivity contribution in [3.63, 3.8) is 0 Å². The number of aromatic amines is 1. The highest BCUT2D eigenvalue weighted by Crippen LogP contribution is 2.24. The molecule has 1 aliphatic rings. The molecule has 9 nitrogen and oxygen atoms in total. The summed E-state index contributed by atoms with van der Waals surface area (Å²) >= 11 is 0. The minimum atomic E-state index is -0.358. The third-order valence-electron chi connectivity index (χ3n) is 6.13. The van der Waals surface area contributed by atoms with E-state index in [0.29, 0.717) is 36.8 Å². The van der Waals surface area contributed by atoms with Crippen molar-refractivity contribution < 1.29 is 23.8 Å². The van der Waals surface area contributed by atoms with Crippen molar-refractivity contribution in [3.8, 4) is 11.5 Å². The van der Waals surface area contributed by atoms with Crippen molar-refractivity contribution in [1.29, 1.82) is 0 Å². The lowest BCUT2D eigenvalue weighted by atomic mass is 10.1. The topological polar surface area (TPSA) is 97.0 Å². The number of nitrogens with one attached hydrogen (secondary N) is 1. The van der Waals surface area contributed by atoms with Crippen LogP contribution in [0.4, 0.5) is 0 Å². The van der Waals surface area contributed by atoms with E-state index in [-0.39, 0.29) is 30.5 Å². The second kappa shape index (κ2) is 10.4. The molecule has 186 valence electrons. The maximum absolute atomic E-state index is 13.4. The molecule has 9 heteroatoms. The van der Waals surface area contributed by atoms with E-state index in [9.17, 15) is 9.59 Å². The molecule has 0 bridgehead atoms. The number of methoxy groups -OCH3 is 2. The molecule has 0 spiro atoms. The van der Waals surface area contributed by atoms with Gasteiger partial charge in [-0.1, -0.05) is 0 Å².